The average Bonchev–Trinajstić information content (AvgIpc) is 2.88. The number of rotatable bonds is 7. The fraction of sp³-hybridized carbons (Fsp3) is 0.417. The summed E-state index contributed by atoms with van der Waals surface area (Å²) in [6.07, 6.45) is 0. The van der Waals surface area contributed by atoms with Gasteiger partial charge in [-0.1, -0.05) is 30.3 Å². The van der Waals surface area contributed by atoms with Crippen LogP contribution in [0, 0.1) is 5.82 Å². The number of nitrogens with one attached hydrogen (secondary N) is 1. The molecule has 0 spiro atoms. The minimum Gasteiger partial charge on any atom is -0.315 e. The highest BCUT2D eigenvalue weighted by molar-refractivity contribution is 7.98. The second kappa shape index (κ2) is 7.56. The van der Waals surface area contributed by atoms with Gasteiger partial charge in [0.2, 0.25) is 5.16 Å². The molecular formula is C12H15ClFN5S. The number of tetrazole rings is 1. The predicted molar refractivity (Wildman–Crippen MR) is 77.3 cm³/mol. The highest BCUT2D eigenvalue weighted by Crippen LogP contribution is 2.25. The van der Waals surface area contributed by atoms with E-state index in [1.54, 1.807) is 10.7 Å². The van der Waals surface area contributed by atoms with Crippen LogP contribution in [-0.2, 0) is 12.3 Å². The number of thioether (sulfide) groups is 1. The number of likely N-dealkylation sites (N-methyl/N-ethyl adjacent to an activating group) is 1. The van der Waals surface area contributed by atoms with Crippen molar-refractivity contribution in [3.8, 4) is 0 Å². The third-order valence-electron chi connectivity index (χ3n) is 2.61. The summed E-state index contributed by atoms with van der Waals surface area (Å²) < 4.78 is 14.9. The van der Waals surface area contributed by atoms with Crippen LogP contribution in [0.3, 0.4) is 0 Å². The van der Waals surface area contributed by atoms with Crippen LogP contribution in [0.2, 0.25) is 5.02 Å². The molecule has 0 aliphatic carbocycles. The van der Waals surface area contributed by atoms with Crippen molar-refractivity contribution in [3.05, 3.63) is 34.6 Å². The van der Waals surface area contributed by atoms with Crippen LogP contribution in [0.1, 0.15) is 12.5 Å². The van der Waals surface area contributed by atoms with Crippen LogP contribution in [0.4, 0.5) is 4.39 Å². The molecule has 0 aliphatic rings. The number of nitrogens with zero attached hydrogens (tertiary/aromatic N) is 4. The van der Waals surface area contributed by atoms with E-state index < -0.39 is 0 Å². The van der Waals surface area contributed by atoms with Gasteiger partial charge in [-0.05, 0) is 40.7 Å². The Labute approximate surface area is 125 Å². The van der Waals surface area contributed by atoms with Gasteiger partial charge in [-0.3, -0.25) is 0 Å². The molecule has 1 aromatic carbocycles. The molecule has 2 rings (SSSR count). The van der Waals surface area contributed by atoms with Gasteiger partial charge < -0.3 is 5.32 Å². The molecule has 8 heteroatoms. The van der Waals surface area contributed by atoms with Gasteiger partial charge in [-0.2, -0.15) is 0 Å². The zero-order valence-corrected chi connectivity index (χ0v) is 12.6. The molecule has 0 saturated carbocycles. The van der Waals surface area contributed by atoms with E-state index in [0.29, 0.717) is 22.5 Å². The number of benzene rings is 1. The third-order valence-corrected chi connectivity index (χ3v) is 3.99. The standard InChI is InChI=1S/C12H15ClFN5S/c1-2-15-5-6-19-12(16-17-18-19)20-8-9-7-10(14)3-4-11(9)13/h3-4,7,15H,2,5-6,8H2,1H3. The van der Waals surface area contributed by atoms with Crippen LogP contribution in [0.5, 0.6) is 0 Å². The predicted octanol–water partition coefficient (Wildman–Crippen LogP) is 2.37. The lowest BCUT2D eigenvalue weighted by molar-refractivity contribution is 0.517. The van der Waals surface area contributed by atoms with E-state index in [2.05, 4.69) is 20.8 Å². The van der Waals surface area contributed by atoms with Crippen molar-refractivity contribution in [2.24, 2.45) is 0 Å². The van der Waals surface area contributed by atoms with Gasteiger partial charge in [-0.15, -0.1) is 5.10 Å². The van der Waals surface area contributed by atoms with Crippen LogP contribution < -0.4 is 5.32 Å². The van der Waals surface area contributed by atoms with E-state index in [1.807, 2.05) is 6.92 Å². The van der Waals surface area contributed by atoms with Gasteiger partial charge in [0.1, 0.15) is 5.82 Å². The lowest BCUT2D eigenvalue weighted by Gasteiger charge is -2.06. The molecule has 1 aromatic heterocycles. The Kier molecular flexibility index (Phi) is 5.75. The molecule has 5 nitrogen and oxygen atoms in total. The first-order chi connectivity index (χ1) is 9.70. The van der Waals surface area contributed by atoms with Crippen molar-refractivity contribution < 1.29 is 4.39 Å². The molecule has 20 heavy (non-hydrogen) atoms. The number of hydrogen-bond donors (Lipinski definition) is 1. The van der Waals surface area contributed by atoms with Crippen molar-refractivity contribution in [2.75, 3.05) is 13.1 Å². The molecule has 1 heterocycles. The summed E-state index contributed by atoms with van der Waals surface area (Å²) in [5.41, 5.74) is 0.734. The van der Waals surface area contributed by atoms with Crippen molar-refractivity contribution in [1.29, 1.82) is 0 Å². The summed E-state index contributed by atoms with van der Waals surface area (Å²) in [4.78, 5) is 0. The van der Waals surface area contributed by atoms with Gasteiger partial charge in [-0.25, -0.2) is 9.07 Å². The summed E-state index contributed by atoms with van der Waals surface area (Å²) in [5, 5.41) is 16.0. The largest absolute Gasteiger partial charge is 0.315 e. The average molecular weight is 316 g/mol. The summed E-state index contributed by atoms with van der Waals surface area (Å²) in [5.74, 6) is 0.231. The topological polar surface area (TPSA) is 55.6 Å². The van der Waals surface area contributed by atoms with Gasteiger partial charge in [0, 0.05) is 17.3 Å². The van der Waals surface area contributed by atoms with Gasteiger partial charge in [0.25, 0.3) is 0 Å². The summed E-state index contributed by atoms with van der Waals surface area (Å²) >= 11 is 7.47. The Hall–Kier alpha value is -1.18. The first-order valence-electron chi connectivity index (χ1n) is 6.24. The maximum absolute atomic E-state index is 13.2. The molecule has 0 fully saturated rings. The maximum Gasteiger partial charge on any atom is 0.209 e. The van der Waals surface area contributed by atoms with Crippen molar-refractivity contribution in [3.63, 3.8) is 0 Å². The Morgan fingerprint density at radius 1 is 1.45 bits per heavy atom. The summed E-state index contributed by atoms with van der Waals surface area (Å²) in [6.45, 7) is 4.45. The fourth-order valence-electron chi connectivity index (χ4n) is 1.60. The van der Waals surface area contributed by atoms with E-state index in [4.69, 9.17) is 11.6 Å². The number of aromatic nitrogens is 4. The number of hydrogen-bond acceptors (Lipinski definition) is 5. The third kappa shape index (κ3) is 4.16. The highest BCUT2D eigenvalue weighted by atomic mass is 35.5. The second-order valence-electron chi connectivity index (χ2n) is 4.06. The first-order valence-corrected chi connectivity index (χ1v) is 7.60. The Morgan fingerprint density at radius 3 is 3.10 bits per heavy atom. The van der Waals surface area contributed by atoms with Crippen LogP contribution in [-0.4, -0.2) is 33.3 Å². The van der Waals surface area contributed by atoms with Crippen molar-refractivity contribution >= 4 is 23.4 Å². The Balaban J connectivity index is 1.97. The lowest BCUT2D eigenvalue weighted by atomic mass is 10.2. The van der Waals surface area contributed by atoms with Crippen LogP contribution >= 0.6 is 23.4 Å². The first kappa shape index (κ1) is 15.2. The highest BCUT2D eigenvalue weighted by Gasteiger charge is 2.09. The molecule has 0 unspecified atom stereocenters. The van der Waals surface area contributed by atoms with E-state index in [0.717, 1.165) is 18.7 Å². The van der Waals surface area contributed by atoms with Crippen molar-refractivity contribution in [1.82, 2.24) is 25.5 Å². The number of halogens is 2. The Morgan fingerprint density at radius 2 is 2.30 bits per heavy atom. The monoisotopic (exact) mass is 315 g/mol. The molecular weight excluding hydrogens is 301 g/mol. The van der Waals surface area contributed by atoms with E-state index in [1.165, 1.54) is 23.9 Å². The molecule has 0 saturated heterocycles. The molecule has 1 N–H and O–H groups in total. The molecule has 108 valence electrons. The summed E-state index contributed by atoms with van der Waals surface area (Å²) in [6, 6.07) is 4.33. The van der Waals surface area contributed by atoms with Gasteiger partial charge in [0.15, 0.2) is 0 Å². The van der Waals surface area contributed by atoms with Gasteiger partial charge >= 0.3 is 0 Å². The molecule has 0 amide bonds. The molecule has 0 bridgehead atoms. The molecule has 2 aromatic rings. The smallest absolute Gasteiger partial charge is 0.209 e. The van der Waals surface area contributed by atoms with E-state index >= 15 is 0 Å². The maximum atomic E-state index is 13.2. The Bertz CT molecular complexity index is 563. The van der Waals surface area contributed by atoms with Crippen LogP contribution in [0.15, 0.2) is 23.4 Å². The SMILES string of the molecule is CCNCCn1nnnc1SCc1cc(F)ccc1Cl. The van der Waals surface area contributed by atoms with E-state index in [9.17, 15) is 4.39 Å². The second-order valence-corrected chi connectivity index (χ2v) is 5.41. The molecule has 0 radical (unpaired) electrons. The van der Waals surface area contributed by atoms with Crippen LogP contribution in [0.25, 0.3) is 0 Å². The quantitative estimate of drug-likeness (QED) is 0.628. The summed E-state index contributed by atoms with van der Waals surface area (Å²) in [7, 11) is 0. The zero-order valence-electron chi connectivity index (χ0n) is 11.0. The molecule has 0 atom stereocenters. The minimum absolute atomic E-state index is 0.295. The normalized spacial score (nSPS) is 10.9. The minimum atomic E-state index is -0.295. The molecule has 0 aliphatic heterocycles. The zero-order chi connectivity index (χ0) is 14.4. The van der Waals surface area contributed by atoms with Gasteiger partial charge in [0.05, 0.1) is 6.54 Å². The lowest BCUT2D eigenvalue weighted by Crippen LogP contribution is -2.20. The fourth-order valence-corrected chi connectivity index (χ4v) is 2.76. The van der Waals surface area contributed by atoms with E-state index in [-0.39, 0.29) is 5.82 Å². The van der Waals surface area contributed by atoms with Crippen molar-refractivity contribution in [2.45, 2.75) is 24.4 Å².